The summed E-state index contributed by atoms with van der Waals surface area (Å²) in [5, 5.41) is 9.62. The number of aliphatic hydroxyl groups excluding tert-OH is 1. The lowest BCUT2D eigenvalue weighted by Crippen LogP contribution is -2.47. The highest BCUT2D eigenvalue weighted by molar-refractivity contribution is 5.91. The van der Waals surface area contributed by atoms with Crippen LogP contribution in [0.2, 0.25) is 0 Å². The fraction of sp³-hybridized carbons (Fsp3) is 0.188. The Labute approximate surface area is 118 Å². The van der Waals surface area contributed by atoms with E-state index >= 15 is 0 Å². The molecule has 0 aliphatic heterocycles. The summed E-state index contributed by atoms with van der Waals surface area (Å²) in [6, 6.07) is 17.9. The van der Waals surface area contributed by atoms with Crippen LogP contribution in [-0.2, 0) is 6.42 Å². The van der Waals surface area contributed by atoms with Crippen molar-refractivity contribution < 1.29 is 9.90 Å². The van der Waals surface area contributed by atoms with E-state index in [2.05, 4.69) is 0 Å². The topological polar surface area (TPSA) is 66.6 Å². The summed E-state index contributed by atoms with van der Waals surface area (Å²) >= 11 is 0. The number of urea groups is 1. The van der Waals surface area contributed by atoms with Crippen molar-refractivity contribution in [2.75, 3.05) is 11.5 Å². The van der Waals surface area contributed by atoms with Crippen molar-refractivity contribution in [3.8, 4) is 0 Å². The van der Waals surface area contributed by atoms with Crippen LogP contribution >= 0.6 is 0 Å². The number of aliphatic hydroxyl groups is 1. The molecule has 0 unspecified atom stereocenters. The molecule has 104 valence electrons. The van der Waals surface area contributed by atoms with E-state index in [1.54, 1.807) is 12.1 Å². The molecule has 1 atom stereocenters. The molecule has 0 spiro atoms. The van der Waals surface area contributed by atoms with E-state index in [1.807, 2.05) is 48.5 Å². The summed E-state index contributed by atoms with van der Waals surface area (Å²) in [5.74, 6) is 0. The Balaban J connectivity index is 2.25. The molecule has 20 heavy (non-hydrogen) atoms. The van der Waals surface area contributed by atoms with Crippen LogP contribution < -0.4 is 10.6 Å². The van der Waals surface area contributed by atoms with Crippen LogP contribution in [0.25, 0.3) is 0 Å². The lowest BCUT2D eigenvalue weighted by Gasteiger charge is -2.29. The molecule has 0 aliphatic carbocycles. The number of para-hydroxylation sites is 1. The summed E-state index contributed by atoms with van der Waals surface area (Å²) in [7, 11) is 0. The minimum Gasteiger partial charge on any atom is -0.394 e. The molecule has 2 aromatic carbocycles. The summed E-state index contributed by atoms with van der Waals surface area (Å²) in [6.45, 7) is -0.146. The highest BCUT2D eigenvalue weighted by Crippen LogP contribution is 2.18. The van der Waals surface area contributed by atoms with Crippen molar-refractivity contribution in [2.45, 2.75) is 12.5 Å². The number of primary amides is 1. The average Bonchev–Trinajstić information content (AvgIpc) is 2.48. The smallest absolute Gasteiger partial charge is 0.319 e. The third-order valence-corrected chi connectivity index (χ3v) is 3.16. The maximum Gasteiger partial charge on any atom is 0.319 e. The number of carbonyl (C=O) groups is 1. The van der Waals surface area contributed by atoms with E-state index in [0.717, 1.165) is 5.56 Å². The van der Waals surface area contributed by atoms with Gasteiger partial charge in [-0.25, -0.2) is 4.79 Å². The van der Waals surface area contributed by atoms with Gasteiger partial charge in [-0.15, -0.1) is 0 Å². The second kappa shape index (κ2) is 6.73. The van der Waals surface area contributed by atoms with E-state index in [-0.39, 0.29) is 12.6 Å². The minimum absolute atomic E-state index is 0.146. The molecular weight excluding hydrogens is 252 g/mol. The standard InChI is InChI=1S/C16H18N2O2/c17-16(20)18(14-9-5-2-6-10-14)15(12-19)11-13-7-3-1-4-8-13/h1-10,15,19H,11-12H2,(H2,17,20)/t15-/m1/s1. The Morgan fingerprint density at radius 3 is 2.10 bits per heavy atom. The van der Waals surface area contributed by atoms with Gasteiger partial charge in [-0.3, -0.25) is 4.90 Å². The molecule has 2 rings (SSSR count). The Morgan fingerprint density at radius 2 is 1.60 bits per heavy atom. The van der Waals surface area contributed by atoms with Gasteiger partial charge in [0, 0.05) is 5.69 Å². The molecule has 4 heteroatoms. The van der Waals surface area contributed by atoms with Crippen molar-refractivity contribution in [1.82, 2.24) is 0 Å². The van der Waals surface area contributed by atoms with E-state index in [4.69, 9.17) is 5.73 Å². The quantitative estimate of drug-likeness (QED) is 0.874. The Kier molecular flexibility index (Phi) is 4.74. The summed E-state index contributed by atoms with van der Waals surface area (Å²) in [6.07, 6.45) is 0.551. The van der Waals surface area contributed by atoms with Gasteiger partial charge in [-0.2, -0.15) is 0 Å². The second-order valence-corrected chi connectivity index (χ2v) is 4.57. The number of hydrogen-bond acceptors (Lipinski definition) is 2. The second-order valence-electron chi connectivity index (χ2n) is 4.57. The highest BCUT2D eigenvalue weighted by atomic mass is 16.3. The first-order valence-electron chi connectivity index (χ1n) is 6.51. The average molecular weight is 270 g/mol. The molecular formula is C16H18N2O2. The van der Waals surface area contributed by atoms with Gasteiger partial charge >= 0.3 is 6.03 Å². The molecule has 0 heterocycles. The fourth-order valence-corrected chi connectivity index (χ4v) is 2.23. The normalized spacial score (nSPS) is 11.8. The number of hydrogen-bond donors (Lipinski definition) is 2. The molecule has 0 bridgehead atoms. The van der Waals surface area contributed by atoms with Crippen molar-refractivity contribution in [3.05, 3.63) is 66.2 Å². The number of benzene rings is 2. The first-order chi connectivity index (χ1) is 9.72. The zero-order valence-electron chi connectivity index (χ0n) is 11.1. The first kappa shape index (κ1) is 14.1. The fourth-order valence-electron chi connectivity index (χ4n) is 2.23. The maximum absolute atomic E-state index is 11.7. The minimum atomic E-state index is -0.564. The summed E-state index contributed by atoms with van der Waals surface area (Å²) in [4.78, 5) is 13.2. The van der Waals surface area contributed by atoms with E-state index in [1.165, 1.54) is 4.90 Å². The van der Waals surface area contributed by atoms with E-state index in [9.17, 15) is 9.90 Å². The highest BCUT2D eigenvalue weighted by Gasteiger charge is 2.23. The van der Waals surface area contributed by atoms with Gasteiger partial charge in [-0.05, 0) is 24.1 Å². The van der Waals surface area contributed by atoms with Crippen molar-refractivity contribution in [3.63, 3.8) is 0 Å². The van der Waals surface area contributed by atoms with Gasteiger partial charge in [0.2, 0.25) is 0 Å². The number of nitrogens with zero attached hydrogens (tertiary/aromatic N) is 1. The largest absolute Gasteiger partial charge is 0.394 e. The first-order valence-corrected chi connectivity index (χ1v) is 6.51. The molecule has 0 radical (unpaired) electrons. The molecule has 0 fully saturated rings. The zero-order chi connectivity index (χ0) is 14.4. The number of rotatable bonds is 5. The van der Waals surface area contributed by atoms with Gasteiger partial charge in [0.05, 0.1) is 12.6 Å². The van der Waals surface area contributed by atoms with Gasteiger partial charge in [0.1, 0.15) is 0 Å². The van der Waals surface area contributed by atoms with Gasteiger partial charge in [0.25, 0.3) is 0 Å². The van der Waals surface area contributed by atoms with E-state index < -0.39 is 6.03 Å². The van der Waals surface area contributed by atoms with Crippen LogP contribution in [0.15, 0.2) is 60.7 Å². The number of nitrogens with two attached hydrogens (primary N) is 1. The van der Waals surface area contributed by atoms with Gasteiger partial charge in [-0.1, -0.05) is 48.5 Å². The molecule has 2 amide bonds. The van der Waals surface area contributed by atoms with Crippen LogP contribution in [-0.4, -0.2) is 23.8 Å². The van der Waals surface area contributed by atoms with Crippen LogP contribution in [0.1, 0.15) is 5.56 Å². The molecule has 0 aliphatic rings. The van der Waals surface area contributed by atoms with Gasteiger partial charge < -0.3 is 10.8 Å². The zero-order valence-corrected chi connectivity index (χ0v) is 11.1. The SMILES string of the molecule is NC(=O)N(c1ccccc1)[C@@H](CO)Cc1ccccc1. The molecule has 0 saturated heterocycles. The molecule has 0 aromatic heterocycles. The molecule has 0 saturated carbocycles. The number of anilines is 1. The Morgan fingerprint density at radius 1 is 1.05 bits per heavy atom. The van der Waals surface area contributed by atoms with Crippen LogP contribution in [0, 0.1) is 0 Å². The predicted molar refractivity (Wildman–Crippen MR) is 79.5 cm³/mol. The Bertz CT molecular complexity index is 543. The number of carbonyl (C=O) groups excluding carboxylic acids is 1. The lowest BCUT2D eigenvalue weighted by atomic mass is 10.0. The molecule has 2 aromatic rings. The summed E-state index contributed by atoms with van der Waals surface area (Å²) < 4.78 is 0. The molecule has 4 nitrogen and oxygen atoms in total. The predicted octanol–water partition coefficient (Wildman–Crippen LogP) is 2.18. The molecule has 3 N–H and O–H groups in total. The Hall–Kier alpha value is -2.33. The third-order valence-electron chi connectivity index (χ3n) is 3.16. The van der Waals surface area contributed by atoms with Crippen molar-refractivity contribution in [1.29, 1.82) is 0 Å². The lowest BCUT2D eigenvalue weighted by molar-refractivity contribution is 0.235. The maximum atomic E-state index is 11.7. The monoisotopic (exact) mass is 270 g/mol. The van der Waals surface area contributed by atoms with Crippen LogP contribution in [0.5, 0.6) is 0 Å². The van der Waals surface area contributed by atoms with E-state index in [0.29, 0.717) is 12.1 Å². The summed E-state index contributed by atoms with van der Waals surface area (Å²) in [5.41, 5.74) is 7.21. The third kappa shape index (κ3) is 3.36. The van der Waals surface area contributed by atoms with Crippen molar-refractivity contribution in [2.24, 2.45) is 5.73 Å². The van der Waals surface area contributed by atoms with Crippen LogP contribution in [0.3, 0.4) is 0 Å². The van der Waals surface area contributed by atoms with Crippen LogP contribution in [0.4, 0.5) is 10.5 Å². The van der Waals surface area contributed by atoms with Crippen molar-refractivity contribution >= 4 is 11.7 Å². The van der Waals surface area contributed by atoms with Gasteiger partial charge in [0.15, 0.2) is 0 Å². The number of amides is 2.